The molecule has 0 bridgehead atoms. The van der Waals surface area contributed by atoms with E-state index in [0.717, 1.165) is 10.9 Å². The third kappa shape index (κ3) is 1.50. The Hall–Kier alpha value is -1.36. The molecule has 0 aliphatic heterocycles. The van der Waals surface area contributed by atoms with Gasteiger partial charge in [-0.1, -0.05) is 18.2 Å². The molecule has 6 heteroatoms. The monoisotopic (exact) mass is 240 g/mol. The Morgan fingerprint density at radius 2 is 2.07 bits per heavy atom. The van der Waals surface area contributed by atoms with Gasteiger partial charge in [0, 0.05) is 28.0 Å². The Morgan fingerprint density at radius 3 is 2.71 bits per heavy atom. The number of nitrogens with zero attached hydrogens (tertiary/aromatic N) is 1. The first-order valence-corrected chi connectivity index (χ1v) is 3.71. The zero-order valence-electron chi connectivity index (χ0n) is 6.91. The number of nitroso groups, excluding NO2 is 1. The Balaban J connectivity index is 0.000000980. The molecular weight excluding hydrogens is 234 g/mol. The number of hydrogen-bond donors (Lipinski definition) is 3. The molecule has 0 atom stereocenters. The topological polar surface area (TPSA) is 77.5 Å². The number of H-pyrrole nitrogens is 1. The number of benzene rings is 1. The van der Waals surface area contributed by atoms with E-state index in [0.29, 0.717) is 5.69 Å². The van der Waals surface area contributed by atoms with E-state index in [1.54, 1.807) is 12.1 Å². The molecule has 3 N–H and O–H groups in total. The predicted molar refractivity (Wildman–Crippen MR) is 49.2 cm³/mol. The van der Waals surface area contributed by atoms with Gasteiger partial charge in [0.25, 0.3) is 0 Å². The molecule has 5 nitrogen and oxygen atoms in total. The zero-order chi connectivity index (χ0) is 9.26. The van der Waals surface area contributed by atoms with E-state index in [2.05, 4.69) is 10.2 Å². The summed E-state index contributed by atoms with van der Waals surface area (Å²) in [6.07, 6.45) is 0. The van der Waals surface area contributed by atoms with E-state index in [1.165, 1.54) is 0 Å². The minimum atomic E-state index is 0. The Morgan fingerprint density at radius 1 is 1.36 bits per heavy atom. The van der Waals surface area contributed by atoms with Crippen LogP contribution in [0.5, 0.6) is 0 Å². The van der Waals surface area contributed by atoms with E-state index >= 15 is 0 Å². The molecule has 0 spiro atoms. The van der Waals surface area contributed by atoms with Crippen LogP contribution in [0.2, 0.25) is 0 Å². The minimum Gasteiger partial charge on any atom is -0.335 e. The third-order valence-corrected chi connectivity index (χ3v) is 1.89. The number of fused-ring (bicyclic) bond motifs is 1. The fourth-order valence-electron chi connectivity index (χ4n) is 1.31. The first-order chi connectivity index (χ1) is 6.36. The van der Waals surface area contributed by atoms with E-state index in [9.17, 15) is 4.91 Å². The third-order valence-electron chi connectivity index (χ3n) is 1.89. The summed E-state index contributed by atoms with van der Waals surface area (Å²) in [7, 11) is 0. The largest absolute Gasteiger partial charge is 0.335 e. The molecule has 0 amide bonds. The number of para-hydroxylation sites is 1. The van der Waals surface area contributed by atoms with Gasteiger partial charge >= 0.3 is 0 Å². The number of rotatable bonds is 2. The normalized spacial score (nSPS) is 9.50. The van der Waals surface area contributed by atoms with Crippen LogP contribution in [-0.2, 0) is 17.1 Å². The SMILES string of the molecule is O=Nc1[nH]c2ccccc2c1NO.[Cu]. The van der Waals surface area contributed by atoms with Crippen molar-refractivity contribution in [2.75, 3.05) is 5.48 Å². The van der Waals surface area contributed by atoms with E-state index in [1.807, 2.05) is 17.6 Å². The van der Waals surface area contributed by atoms with Crippen molar-refractivity contribution in [1.82, 2.24) is 4.98 Å². The zero-order valence-corrected chi connectivity index (χ0v) is 7.86. The summed E-state index contributed by atoms with van der Waals surface area (Å²) in [5.41, 5.74) is 3.01. The quantitative estimate of drug-likeness (QED) is 0.428. The second-order valence-corrected chi connectivity index (χ2v) is 2.60. The van der Waals surface area contributed by atoms with Crippen molar-refractivity contribution in [3.8, 4) is 0 Å². The van der Waals surface area contributed by atoms with Gasteiger partial charge in [-0.15, -0.1) is 4.91 Å². The maximum Gasteiger partial charge on any atom is 0.201 e. The van der Waals surface area contributed by atoms with E-state index in [-0.39, 0.29) is 22.9 Å². The molecule has 2 aromatic rings. The molecule has 0 aliphatic rings. The fourth-order valence-corrected chi connectivity index (χ4v) is 1.31. The smallest absolute Gasteiger partial charge is 0.201 e. The Labute approximate surface area is 89.9 Å². The average Bonchev–Trinajstić information content (AvgIpc) is 2.55. The molecule has 14 heavy (non-hydrogen) atoms. The van der Waals surface area contributed by atoms with Crippen molar-refractivity contribution in [3.05, 3.63) is 29.2 Å². The fraction of sp³-hybridized carbons (Fsp3) is 0. The summed E-state index contributed by atoms with van der Waals surface area (Å²) in [6, 6.07) is 7.21. The van der Waals surface area contributed by atoms with Gasteiger partial charge in [-0.3, -0.25) is 10.7 Å². The molecule has 0 saturated carbocycles. The number of hydrogen-bond acceptors (Lipinski definition) is 4. The Kier molecular flexibility index (Phi) is 3.24. The molecule has 1 aromatic heterocycles. The summed E-state index contributed by atoms with van der Waals surface area (Å²) in [6.45, 7) is 0. The van der Waals surface area contributed by atoms with Crippen molar-refractivity contribution >= 4 is 22.4 Å². The predicted octanol–water partition coefficient (Wildman–Crippen LogP) is 2.36. The summed E-state index contributed by atoms with van der Waals surface area (Å²) in [5, 5.41) is 12.3. The number of aromatic amines is 1. The van der Waals surface area contributed by atoms with Gasteiger partial charge in [0.1, 0.15) is 5.69 Å². The molecule has 1 aromatic carbocycles. The summed E-state index contributed by atoms with van der Waals surface area (Å²) >= 11 is 0. The van der Waals surface area contributed by atoms with Crippen molar-refractivity contribution in [3.63, 3.8) is 0 Å². The summed E-state index contributed by atoms with van der Waals surface area (Å²) in [4.78, 5) is 13.1. The second-order valence-electron chi connectivity index (χ2n) is 2.60. The van der Waals surface area contributed by atoms with Crippen molar-refractivity contribution in [2.45, 2.75) is 0 Å². The first-order valence-electron chi connectivity index (χ1n) is 3.71. The van der Waals surface area contributed by atoms with Crippen LogP contribution >= 0.6 is 0 Å². The van der Waals surface area contributed by atoms with Crippen LogP contribution < -0.4 is 5.48 Å². The van der Waals surface area contributed by atoms with Gasteiger partial charge < -0.3 is 4.98 Å². The van der Waals surface area contributed by atoms with E-state index in [4.69, 9.17) is 5.21 Å². The molecule has 2 rings (SSSR count). The van der Waals surface area contributed by atoms with Gasteiger partial charge in [-0.25, -0.2) is 0 Å². The molecule has 0 saturated heterocycles. The molecule has 0 aliphatic carbocycles. The van der Waals surface area contributed by atoms with Crippen molar-refractivity contribution in [1.29, 1.82) is 0 Å². The molecule has 0 unspecified atom stereocenters. The first kappa shape index (κ1) is 10.7. The van der Waals surface area contributed by atoms with Gasteiger partial charge in [0.05, 0.1) is 0 Å². The number of aromatic nitrogens is 1. The molecule has 1 radical (unpaired) electrons. The number of anilines is 1. The molecule has 77 valence electrons. The van der Waals surface area contributed by atoms with Crippen LogP contribution in [0.3, 0.4) is 0 Å². The van der Waals surface area contributed by atoms with E-state index < -0.39 is 0 Å². The van der Waals surface area contributed by atoms with Gasteiger partial charge in [0.15, 0.2) is 0 Å². The van der Waals surface area contributed by atoms with Crippen LogP contribution in [-0.4, -0.2) is 10.2 Å². The molecule has 0 fully saturated rings. The molecular formula is C8H7CuN3O2. The van der Waals surface area contributed by atoms with Crippen LogP contribution in [0, 0.1) is 4.91 Å². The maximum atomic E-state index is 10.3. The van der Waals surface area contributed by atoms with Crippen LogP contribution in [0.1, 0.15) is 0 Å². The Bertz CT molecular complexity index is 455. The van der Waals surface area contributed by atoms with Crippen LogP contribution in [0.4, 0.5) is 11.5 Å². The summed E-state index contributed by atoms with van der Waals surface area (Å²) < 4.78 is 0. The minimum absolute atomic E-state index is 0. The summed E-state index contributed by atoms with van der Waals surface area (Å²) in [5.74, 6) is 0.101. The molecule has 1 heterocycles. The van der Waals surface area contributed by atoms with Gasteiger partial charge in [-0.05, 0) is 11.2 Å². The van der Waals surface area contributed by atoms with Crippen molar-refractivity contribution in [2.24, 2.45) is 5.18 Å². The van der Waals surface area contributed by atoms with Gasteiger partial charge in [-0.2, -0.15) is 0 Å². The van der Waals surface area contributed by atoms with Crippen molar-refractivity contribution < 1.29 is 22.3 Å². The van der Waals surface area contributed by atoms with Gasteiger partial charge in [0.2, 0.25) is 5.82 Å². The van der Waals surface area contributed by atoms with Crippen LogP contribution in [0.15, 0.2) is 29.4 Å². The van der Waals surface area contributed by atoms with Crippen LogP contribution in [0.25, 0.3) is 10.9 Å². The average molecular weight is 241 g/mol. The maximum absolute atomic E-state index is 10.3. The standard InChI is InChI=1S/C8H7N3O2.Cu/c12-10-7-5-3-1-2-4-6(5)9-8(7)11-13;/h1-4,9-10,12H;. The second kappa shape index (κ2) is 4.23. The number of nitrogens with one attached hydrogen (secondary N) is 2.